The van der Waals surface area contributed by atoms with E-state index in [-0.39, 0.29) is 11.7 Å². The molecule has 3 rings (SSSR count). The topological polar surface area (TPSA) is 36.4 Å². The Balaban J connectivity index is 1.55. The fourth-order valence-corrected chi connectivity index (χ4v) is 3.09. The largest absolute Gasteiger partial charge is 0.387 e. The number of benzene rings is 1. The molecule has 0 radical (unpaired) electrons. The lowest BCUT2D eigenvalue weighted by Crippen LogP contribution is -2.35. The molecule has 0 aliphatic carbocycles. The van der Waals surface area contributed by atoms with Crippen LogP contribution in [-0.4, -0.2) is 28.1 Å². The number of nitrogens with zero attached hydrogens (tertiary/aromatic N) is 2. The Morgan fingerprint density at radius 1 is 1.14 bits per heavy atom. The number of pyridine rings is 1. The zero-order valence-corrected chi connectivity index (χ0v) is 12.5. The van der Waals surface area contributed by atoms with Crippen molar-refractivity contribution in [1.82, 2.24) is 9.88 Å². The summed E-state index contributed by atoms with van der Waals surface area (Å²) in [5, 5.41) is 10.4. The van der Waals surface area contributed by atoms with Crippen LogP contribution in [0.1, 0.15) is 30.2 Å². The Bertz CT molecular complexity index is 597. The first kappa shape index (κ1) is 15.1. The van der Waals surface area contributed by atoms with Gasteiger partial charge < -0.3 is 5.11 Å². The van der Waals surface area contributed by atoms with E-state index in [1.165, 1.54) is 6.07 Å². The molecule has 2 aromatic rings. The van der Waals surface area contributed by atoms with E-state index in [0.29, 0.717) is 6.54 Å². The van der Waals surface area contributed by atoms with Crippen LogP contribution in [0.3, 0.4) is 0 Å². The first-order chi connectivity index (χ1) is 10.7. The van der Waals surface area contributed by atoms with Crippen molar-refractivity contribution in [3.05, 3.63) is 65.7 Å². The first-order valence-electron chi connectivity index (χ1n) is 7.79. The summed E-state index contributed by atoms with van der Waals surface area (Å²) < 4.78 is 13.7. The summed E-state index contributed by atoms with van der Waals surface area (Å²) in [7, 11) is 0. The number of piperidine rings is 1. The van der Waals surface area contributed by atoms with E-state index >= 15 is 0 Å². The molecule has 1 aromatic carbocycles. The van der Waals surface area contributed by atoms with Gasteiger partial charge in [-0.1, -0.05) is 24.3 Å². The van der Waals surface area contributed by atoms with Gasteiger partial charge in [-0.15, -0.1) is 0 Å². The molecule has 1 N–H and O–H groups in total. The SMILES string of the molecule is O[C@@H](c1ccccn1)C1CCN(Cc2ccccc2F)CC1. The molecule has 3 nitrogen and oxygen atoms in total. The molecule has 0 spiro atoms. The third kappa shape index (κ3) is 3.51. The maximum Gasteiger partial charge on any atom is 0.127 e. The highest BCUT2D eigenvalue weighted by atomic mass is 19.1. The quantitative estimate of drug-likeness (QED) is 0.942. The summed E-state index contributed by atoms with van der Waals surface area (Å²) in [5.74, 6) is 0.0879. The predicted molar refractivity (Wildman–Crippen MR) is 83.6 cm³/mol. The molecule has 0 bridgehead atoms. The van der Waals surface area contributed by atoms with Gasteiger partial charge in [-0.25, -0.2) is 4.39 Å². The van der Waals surface area contributed by atoms with Gasteiger partial charge in [0.2, 0.25) is 0 Å². The van der Waals surface area contributed by atoms with Gasteiger partial charge in [-0.3, -0.25) is 9.88 Å². The maximum absolute atomic E-state index is 13.7. The number of aliphatic hydroxyl groups is 1. The average molecular weight is 300 g/mol. The lowest BCUT2D eigenvalue weighted by atomic mass is 9.89. The minimum Gasteiger partial charge on any atom is -0.387 e. The third-order valence-corrected chi connectivity index (χ3v) is 4.42. The van der Waals surface area contributed by atoms with Crippen LogP contribution >= 0.6 is 0 Å². The highest BCUT2D eigenvalue weighted by Crippen LogP contribution is 2.30. The van der Waals surface area contributed by atoms with E-state index in [2.05, 4.69) is 9.88 Å². The fourth-order valence-electron chi connectivity index (χ4n) is 3.09. The van der Waals surface area contributed by atoms with Gasteiger partial charge in [0, 0.05) is 18.3 Å². The van der Waals surface area contributed by atoms with Gasteiger partial charge in [0.25, 0.3) is 0 Å². The number of aliphatic hydroxyl groups excluding tert-OH is 1. The molecule has 0 unspecified atom stereocenters. The predicted octanol–water partition coefficient (Wildman–Crippen LogP) is 3.17. The monoisotopic (exact) mass is 300 g/mol. The van der Waals surface area contributed by atoms with E-state index in [1.807, 2.05) is 30.3 Å². The number of halogens is 1. The fraction of sp³-hybridized carbons (Fsp3) is 0.389. The van der Waals surface area contributed by atoms with E-state index in [4.69, 9.17) is 0 Å². The lowest BCUT2D eigenvalue weighted by molar-refractivity contribution is 0.0537. The van der Waals surface area contributed by atoms with Gasteiger partial charge in [0.1, 0.15) is 5.82 Å². The van der Waals surface area contributed by atoms with Crippen LogP contribution in [0.15, 0.2) is 48.7 Å². The number of hydrogen-bond acceptors (Lipinski definition) is 3. The van der Waals surface area contributed by atoms with Crippen molar-refractivity contribution in [3.63, 3.8) is 0 Å². The molecule has 1 saturated heterocycles. The van der Waals surface area contributed by atoms with Gasteiger partial charge in [-0.05, 0) is 50.0 Å². The zero-order valence-electron chi connectivity index (χ0n) is 12.5. The van der Waals surface area contributed by atoms with Crippen LogP contribution in [-0.2, 0) is 6.54 Å². The molecule has 1 aliphatic rings. The van der Waals surface area contributed by atoms with Crippen LogP contribution in [0.25, 0.3) is 0 Å². The van der Waals surface area contributed by atoms with Crippen molar-refractivity contribution in [2.45, 2.75) is 25.5 Å². The van der Waals surface area contributed by atoms with Gasteiger partial charge in [0.05, 0.1) is 11.8 Å². The molecule has 0 amide bonds. The van der Waals surface area contributed by atoms with Gasteiger partial charge in [0.15, 0.2) is 0 Å². The van der Waals surface area contributed by atoms with E-state index in [0.717, 1.165) is 37.2 Å². The van der Waals surface area contributed by atoms with Crippen molar-refractivity contribution in [3.8, 4) is 0 Å². The summed E-state index contributed by atoms with van der Waals surface area (Å²) in [4.78, 5) is 6.49. The van der Waals surface area contributed by atoms with Crippen molar-refractivity contribution in [1.29, 1.82) is 0 Å². The molecule has 116 valence electrons. The molecule has 1 atom stereocenters. The second kappa shape index (κ2) is 6.99. The summed E-state index contributed by atoms with van der Waals surface area (Å²) in [5.41, 5.74) is 1.49. The Labute approximate surface area is 130 Å². The molecular formula is C18H21FN2O. The zero-order chi connectivity index (χ0) is 15.4. The summed E-state index contributed by atoms with van der Waals surface area (Å²) >= 11 is 0. The van der Waals surface area contributed by atoms with Crippen LogP contribution in [0.4, 0.5) is 4.39 Å². The minimum atomic E-state index is -0.503. The molecule has 4 heteroatoms. The third-order valence-electron chi connectivity index (χ3n) is 4.42. The van der Waals surface area contributed by atoms with Crippen molar-refractivity contribution in [2.24, 2.45) is 5.92 Å². The standard InChI is InChI=1S/C18H21FN2O/c19-16-6-2-1-5-15(16)13-21-11-8-14(9-12-21)18(22)17-7-3-4-10-20-17/h1-7,10,14,18,22H,8-9,11-13H2/t18-/m1/s1. The molecule has 1 fully saturated rings. The molecule has 22 heavy (non-hydrogen) atoms. The molecule has 1 aromatic heterocycles. The first-order valence-corrected chi connectivity index (χ1v) is 7.79. The van der Waals surface area contributed by atoms with Crippen LogP contribution in [0, 0.1) is 11.7 Å². The summed E-state index contributed by atoms with van der Waals surface area (Å²) in [6.07, 6.45) is 3.03. The summed E-state index contributed by atoms with van der Waals surface area (Å²) in [6, 6.07) is 12.6. The van der Waals surface area contributed by atoms with Crippen molar-refractivity contribution in [2.75, 3.05) is 13.1 Å². The highest BCUT2D eigenvalue weighted by molar-refractivity contribution is 5.17. The Morgan fingerprint density at radius 3 is 2.55 bits per heavy atom. The van der Waals surface area contributed by atoms with Crippen LogP contribution in [0.5, 0.6) is 0 Å². The maximum atomic E-state index is 13.7. The number of hydrogen-bond donors (Lipinski definition) is 1. The normalized spacial score (nSPS) is 18.3. The number of likely N-dealkylation sites (tertiary alicyclic amines) is 1. The van der Waals surface area contributed by atoms with E-state index in [1.54, 1.807) is 12.3 Å². The Morgan fingerprint density at radius 2 is 1.86 bits per heavy atom. The Kier molecular flexibility index (Phi) is 4.80. The second-order valence-electron chi connectivity index (χ2n) is 5.90. The average Bonchev–Trinajstić information content (AvgIpc) is 2.58. The Hall–Kier alpha value is -1.78. The smallest absolute Gasteiger partial charge is 0.127 e. The van der Waals surface area contributed by atoms with Gasteiger partial charge in [-0.2, -0.15) is 0 Å². The van der Waals surface area contributed by atoms with Crippen molar-refractivity contribution >= 4 is 0 Å². The minimum absolute atomic E-state index is 0.141. The van der Waals surface area contributed by atoms with Crippen LogP contribution in [0.2, 0.25) is 0 Å². The summed E-state index contributed by atoms with van der Waals surface area (Å²) in [6.45, 7) is 2.39. The van der Waals surface area contributed by atoms with E-state index in [9.17, 15) is 9.50 Å². The number of aromatic nitrogens is 1. The highest BCUT2D eigenvalue weighted by Gasteiger charge is 2.27. The molecule has 2 heterocycles. The number of rotatable bonds is 4. The molecular weight excluding hydrogens is 279 g/mol. The molecule has 1 aliphatic heterocycles. The lowest BCUT2D eigenvalue weighted by Gasteiger charge is -2.34. The second-order valence-corrected chi connectivity index (χ2v) is 5.90. The van der Waals surface area contributed by atoms with E-state index < -0.39 is 6.10 Å². The van der Waals surface area contributed by atoms with Gasteiger partial charge >= 0.3 is 0 Å². The molecule has 0 saturated carbocycles. The van der Waals surface area contributed by atoms with Crippen LogP contribution < -0.4 is 0 Å². The van der Waals surface area contributed by atoms with Crippen molar-refractivity contribution < 1.29 is 9.50 Å².